The van der Waals surface area contributed by atoms with Crippen LogP contribution < -0.4 is 5.32 Å². The number of pyridine rings is 2. The van der Waals surface area contributed by atoms with Gasteiger partial charge in [-0.2, -0.15) is 0 Å². The Hall–Kier alpha value is -2.99. The maximum atomic E-state index is 12.2. The van der Waals surface area contributed by atoms with E-state index in [1.54, 1.807) is 36.5 Å². The van der Waals surface area contributed by atoms with Crippen LogP contribution in [0.1, 0.15) is 16.8 Å². The molecular weight excluding hydrogens is 328 g/mol. The molecular formula is C20H22N4O2. The van der Waals surface area contributed by atoms with E-state index in [1.807, 2.05) is 26.2 Å². The van der Waals surface area contributed by atoms with E-state index in [-0.39, 0.29) is 11.7 Å². The quantitative estimate of drug-likeness (QED) is 0.668. The van der Waals surface area contributed by atoms with Gasteiger partial charge in [0.25, 0.3) is 5.91 Å². The Labute approximate surface area is 152 Å². The summed E-state index contributed by atoms with van der Waals surface area (Å²) in [5.41, 5.74) is 3.18. The van der Waals surface area contributed by atoms with E-state index in [4.69, 9.17) is 0 Å². The highest BCUT2D eigenvalue weighted by Gasteiger charge is 2.09. The van der Waals surface area contributed by atoms with Crippen LogP contribution in [0.3, 0.4) is 0 Å². The number of hydrogen-bond donors (Lipinski definition) is 2. The Bertz CT molecular complexity index is 907. The molecule has 2 aromatic heterocycles. The van der Waals surface area contributed by atoms with Crippen molar-refractivity contribution in [3.05, 3.63) is 54.2 Å². The highest BCUT2D eigenvalue weighted by molar-refractivity contribution is 5.94. The number of benzene rings is 1. The molecule has 3 rings (SSSR count). The maximum Gasteiger partial charge on any atom is 0.251 e. The molecule has 0 aliphatic carbocycles. The van der Waals surface area contributed by atoms with Gasteiger partial charge >= 0.3 is 0 Å². The highest BCUT2D eigenvalue weighted by atomic mass is 16.3. The molecule has 0 atom stereocenters. The van der Waals surface area contributed by atoms with E-state index < -0.39 is 0 Å². The Morgan fingerprint density at radius 3 is 2.69 bits per heavy atom. The topological polar surface area (TPSA) is 78.4 Å². The first-order valence-corrected chi connectivity index (χ1v) is 8.53. The lowest BCUT2D eigenvalue weighted by atomic mass is 10.1. The SMILES string of the molecule is CN(C)CCCNC(=O)c1ccc(-c2cc(O)c3ncccc3n2)cc1. The zero-order chi connectivity index (χ0) is 18.5. The molecule has 134 valence electrons. The number of nitrogens with zero attached hydrogens (tertiary/aromatic N) is 3. The van der Waals surface area contributed by atoms with Crippen molar-refractivity contribution in [2.24, 2.45) is 0 Å². The summed E-state index contributed by atoms with van der Waals surface area (Å²) in [6.07, 6.45) is 2.53. The lowest BCUT2D eigenvalue weighted by Gasteiger charge is -2.10. The number of amides is 1. The molecule has 2 N–H and O–H groups in total. The average molecular weight is 350 g/mol. The van der Waals surface area contributed by atoms with E-state index in [1.165, 1.54) is 0 Å². The fraction of sp³-hybridized carbons (Fsp3) is 0.250. The molecule has 0 unspecified atom stereocenters. The summed E-state index contributed by atoms with van der Waals surface area (Å²) in [7, 11) is 4.02. The summed E-state index contributed by atoms with van der Waals surface area (Å²) in [4.78, 5) is 22.9. The van der Waals surface area contributed by atoms with E-state index >= 15 is 0 Å². The Balaban J connectivity index is 1.72. The normalized spacial score (nSPS) is 11.0. The molecule has 26 heavy (non-hydrogen) atoms. The third-order valence-electron chi connectivity index (χ3n) is 4.05. The van der Waals surface area contributed by atoms with Gasteiger partial charge in [0.05, 0.1) is 11.2 Å². The zero-order valence-corrected chi connectivity index (χ0v) is 14.9. The first-order chi connectivity index (χ1) is 12.5. The number of carbonyl (C=O) groups is 1. The van der Waals surface area contributed by atoms with Gasteiger partial charge in [-0.05, 0) is 51.3 Å². The lowest BCUT2D eigenvalue weighted by Crippen LogP contribution is -2.27. The minimum atomic E-state index is -0.0891. The monoisotopic (exact) mass is 350 g/mol. The van der Waals surface area contributed by atoms with Crippen molar-refractivity contribution in [3.63, 3.8) is 0 Å². The number of aromatic hydroxyl groups is 1. The molecule has 0 spiro atoms. The molecule has 1 amide bonds. The lowest BCUT2D eigenvalue weighted by molar-refractivity contribution is 0.0952. The average Bonchev–Trinajstić information content (AvgIpc) is 2.65. The van der Waals surface area contributed by atoms with Crippen LogP contribution >= 0.6 is 0 Å². The van der Waals surface area contributed by atoms with Gasteiger partial charge in [0.1, 0.15) is 11.3 Å². The van der Waals surface area contributed by atoms with Crippen LogP contribution in [0, 0.1) is 0 Å². The van der Waals surface area contributed by atoms with Crippen LogP contribution in [0.5, 0.6) is 5.75 Å². The second kappa shape index (κ2) is 7.93. The fourth-order valence-electron chi connectivity index (χ4n) is 2.68. The third kappa shape index (κ3) is 4.15. The van der Waals surface area contributed by atoms with Gasteiger partial charge in [0.15, 0.2) is 0 Å². The van der Waals surface area contributed by atoms with Crippen LogP contribution in [-0.2, 0) is 0 Å². The Morgan fingerprint density at radius 1 is 1.19 bits per heavy atom. The van der Waals surface area contributed by atoms with Crippen molar-refractivity contribution < 1.29 is 9.90 Å². The highest BCUT2D eigenvalue weighted by Crippen LogP contribution is 2.27. The van der Waals surface area contributed by atoms with Crippen molar-refractivity contribution in [1.82, 2.24) is 20.2 Å². The van der Waals surface area contributed by atoms with Gasteiger partial charge in [-0.3, -0.25) is 9.78 Å². The molecule has 0 radical (unpaired) electrons. The standard InChI is InChI=1S/C20H22N4O2/c1-24(2)12-4-11-22-20(26)15-8-6-14(7-9-15)17-13-18(25)19-16(23-17)5-3-10-21-19/h3,5-10,13H,4,11-12H2,1-2H3,(H,22,26)(H,23,25). The second-order valence-corrected chi connectivity index (χ2v) is 6.39. The number of hydrogen-bond acceptors (Lipinski definition) is 5. The van der Waals surface area contributed by atoms with E-state index in [0.29, 0.717) is 28.8 Å². The zero-order valence-electron chi connectivity index (χ0n) is 14.9. The molecule has 0 aliphatic rings. The molecule has 0 fully saturated rings. The molecule has 6 nitrogen and oxygen atoms in total. The molecule has 3 aromatic rings. The molecule has 0 bridgehead atoms. The van der Waals surface area contributed by atoms with Crippen LogP contribution in [-0.4, -0.2) is 53.1 Å². The number of rotatable bonds is 6. The molecule has 6 heteroatoms. The molecule has 0 saturated carbocycles. The fourth-order valence-corrected chi connectivity index (χ4v) is 2.68. The summed E-state index contributed by atoms with van der Waals surface area (Å²) >= 11 is 0. The summed E-state index contributed by atoms with van der Waals surface area (Å²) in [6, 6.07) is 12.4. The van der Waals surface area contributed by atoms with E-state index in [9.17, 15) is 9.90 Å². The minimum Gasteiger partial charge on any atom is -0.506 e. The predicted octanol–water partition coefficient (Wildman–Crippen LogP) is 2.68. The van der Waals surface area contributed by atoms with E-state index in [0.717, 1.165) is 18.5 Å². The van der Waals surface area contributed by atoms with Crippen molar-refractivity contribution in [2.75, 3.05) is 27.2 Å². The molecule has 0 aliphatic heterocycles. The first kappa shape index (κ1) is 17.8. The van der Waals surface area contributed by atoms with Gasteiger partial charge in [-0.25, -0.2) is 4.98 Å². The van der Waals surface area contributed by atoms with Crippen LogP contribution in [0.2, 0.25) is 0 Å². The molecule has 1 aromatic carbocycles. The third-order valence-corrected chi connectivity index (χ3v) is 4.05. The molecule has 2 heterocycles. The number of aromatic nitrogens is 2. The van der Waals surface area contributed by atoms with E-state index in [2.05, 4.69) is 20.2 Å². The van der Waals surface area contributed by atoms with Gasteiger partial charge in [0.2, 0.25) is 0 Å². The number of nitrogens with one attached hydrogen (secondary N) is 1. The van der Waals surface area contributed by atoms with Gasteiger partial charge in [-0.15, -0.1) is 0 Å². The first-order valence-electron chi connectivity index (χ1n) is 8.53. The van der Waals surface area contributed by atoms with Gasteiger partial charge < -0.3 is 15.3 Å². The van der Waals surface area contributed by atoms with Crippen molar-refractivity contribution in [1.29, 1.82) is 0 Å². The summed E-state index contributed by atoms with van der Waals surface area (Å²) in [5, 5.41) is 13.1. The largest absolute Gasteiger partial charge is 0.506 e. The summed E-state index contributed by atoms with van der Waals surface area (Å²) < 4.78 is 0. The Kier molecular flexibility index (Phi) is 5.43. The maximum absolute atomic E-state index is 12.2. The summed E-state index contributed by atoms with van der Waals surface area (Å²) in [5.74, 6) is 0.00198. The number of carbonyl (C=O) groups excluding carboxylic acids is 1. The van der Waals surface area contributed by atoms with Crippen LogP contribution in [0.4, 0.5) is 0 Å². The summed E-state index contributed by atoms with van der Waals surface area (Å²) in [6.45, 7) is 1.58. The van der Waals surface area contributed by atoms with Crippen molar-refractivity contribution in [3.8, 4) is 17.0 Å². The van der Waals surface area contributed by atoms with Gasteiger partial charge in [-0.1, -0.05) is 12.1 Å². The smallest absolute Gasteiger partial charge is 0.251 e. The van der Waals surface area contributed by atoms with Crippen molar-refractivity contribution in [2.45, 2.75) is 6.42 Å². The molecule has 0 saturated heterocycles. The minimum absolute atomic E-state index is 0.0891. The predicted molar refractivity (Wildman–Crippen MR) is 102 cm³/mol. The van der Waals surface area contributed by atoms with Crippen LogP contribution in [0.25, 0.3) is 22.3 Å². The van der Waals surface area contributed by atoms with Crippen LogP contribution in [0.15, 0.2) is 48.7 Å². The van der Waals surface area contributed by atoms with Gasteiger partial charge in [0, 0.05) is 29.9 Å². The number of fused-ring (bicyclic) bond motifs is 1. The Morgan fingerprint density at radius 2 is 1.96 bits per heavy atom. The second-order valence-electron chi connectivity index (χ2n) is 6.39. The van der Waals surface area contributed by atoms with Crippen molar-refractivity contribution >= 4 is 16.9 Å².